The lowest BCUT2D eigenvalue weighted by molar-refractivity contribution is 0.819. The maximum absolute atomic E-state index is 3.24. The second-order valence-corrected chi connectivity index (χ2v) is 5.07. The summed E-state index contributed by atoms with van der Waals surface area (Å²) < 4.78 is 0. The largest absolute Gasteiger partial charge is 0.316 e. The van der Waals surface area contributed by atoms with Crippen LogP contribution in [0.4, 0.5) is 0 Å². The first-order valence-electron chi connectivity index (χ1n) is 6.43. The summed E-state index contributed by atoms with van der Waals surface area (Å²) in [5.41, 5.74) is 7.97. The van der Waals surface area contributed by atoms with Crippen LogP contribution in [0.5, 0.6) is 0 Å². The molecule has 0 saturated carbocycles. The molecule has 0 fully saturated rings. The molecule has 0 saturated heterocycles. The summed E-state index contributed by atoms with van der Waals surface area (Å²) in [6.07, 6.45) is 0. The van der Waals surface area contributed by atoms with E-state index in [-0.39, 0.29) is 0 Å². The molecule has 0 heterocycles. The summed E-state index contributed by atoms with van der Waals surface area (Å²) in [7, 11) is 1.99. The molecule has 2 aromatic rings. The van der Waals surface area contributed by atoms with Crippen molar-refractivity contribution in [2.75, 3.05) is 7.05 Å². The first-order valence-corrected chi connectivity index (χ1v) is 6.43. The monoisotopic (exact) mass is 239 g/mol. The van der Waals surface area contributed by atoms with Crippen molar-refractivity contribution in [2.24, 2.45) is 0 Å². The van der Waals surface area contributed by atoms with Crippen LogP contribution in [0.1, 0.15) is 22.3 Å². The molecule has 2 aromatic carbocycles. The number of hydrogen-bond acceptors (Lipinski definition) is 1. The molecule has 1 N–H and O–H groups in total. The molecule has 2 rings (SSSR count). The summed E-state index contributed by atoms with van der Waals surface area (Å²) >= 11 is 0. The smallest absolute Gasteiger partial charge is 0.0208 e. The van der Waals surface area contributed by atoms with Gasteiger partial charge in [-0.25, -0.2) is 0 Å². The zero-order valence-electron chi connectivity index (χ0n) is 11.7. The van der Waals surface area contributed by atoms with Gasteiger partial charge in [0.25, 0.3) is 0 Å². The van der Waals surface area contributed by atoms with E-state index in [1.165, 1.54) is 33.4 Å². The summed E-state index contributed by atoms with van der Waals surface area (Å²) in [5.74, 6) is 0. The minimum Gasteiger partial charge on any atom is -0.316 e. The molecule has 0 unspecified atom stereocenters. The summed E-state index contributed by atoms with van der Waals surface area (Å²) in [5, 5.41) is 3.24. The van der Waals surface area contributed by atoms with Crippen LogP contribution >= 0.6 is 0 Å². The Bertz CT molecular complexity index is 535. The highest BCUT2D eigenvalue weighted by Crippen LogP contribution is 2.27. The van der Waals surface area contributed by atoms with Gasteiger partial charge in [-0.1, -0.05) is 53.1 Å². The van der Waals surface area contributed by atoms with E-state index in [4.69, 9.17) is 0 Å². The SMILES string of the molecule is CNCc1ccc(C)cc1-c1cc(C)cc(C)c1. The van der Waals surface area contributed by atoms with E-state index in [0.29, 0.717) is 0 Å². The van der Waals surface area contributed by atoms with E-state index in [1.807, 2.05) is 7.05 Å². The third-order valence-electron chi connectivity index (χ3n) is 3.17. The first-order chi connectivity index (χ1) is 8.60. The molecule has 0 aliphatic carbocycles. The molecule has 0 spiro atoms. The van der Waals surface area contributed by atoms with Crippen molar-refractivity contribution in [1.29, 1.82) is 0 Å². The molecule has 0 amide bonds. The van der Waals surface area contributed by atoms with Gasteiger partial charge >= 0.3 is 0 Å². The number of rotatable bonds is 3. The van der Waals surface area contributed by atoms with Gasteiger partial charge in [0.05, 0.1) is 0 Å². The second-order valence-electron chi connectivity index (χ2n) is 5.07. The van der Waals surface area contributed by atoms with Gasteiger partial charge in [0.15, 0.2) is 0 Å². The van der Waals surface area contributed by atoms with Crippen LogP contribution in [0, 0.1) is 20.8 Å². The van der Waals surface area contributed by atoms with Crippen molar-refractivity contribution in [2.45, 2.75) is 27.3 Å². The zero-order chi connectivity index (χ0) is 13.1. The van der Waals surface area contributed by atoms with E-state index < -0.39 is 0 Å². The molecule has 1 nitrogen and oxygen atoms in total. The fraction of sp³-hybridized carbons (Fsp3) is 0.294. The Morgan fingerprint density at radius 2 is 1.50 bits per heavy atom. The minimum atomic E-state index is 0.905. The van der Waals surface area contributed by atoms with Gasteiger partial charge in [0.2, 0.25) is 0 Å². The molecular weight excluding hydrogens is 218 g/mol. The lowest BCUT2D eigenvalue weighted by Crippen LogP contribution is -2.06. The molecule has 0 aliphatic rings. The molecule has 18 heavy (non-hydrogen) atoms. The van der Waals surface area contributed by atoms with Crippen LogP contribution in [0.25, 0.3) is 11.1 Å². The van der Waals surface area contributed by atoms with Gasteiger partial charge in [0.1, 0.15) is 0 Å². The quantitative estimate of drug-likeness (QED) is 0.853. The van der Waals surface area contributed by atoms with Gasteiger partial charge in [-0.05, 0) is 44.5 Å². The Morgan fingerprint density at radius 3 is 2.11 bits per heavy atom. The van der Waals surface area contributed by atoms with Gasteiger partial charge in [0, 0.05) is 6.54 Å². The number of benzene rings is 2. The molecule has 1 heteroatoms. The highest BCUT2D eigenvalue weighted by molar-refractivity contribution is 5.69. The van der Waals surface area contributed by atoms with Crippen molar-refractivity contribution < 1.29 is 0 Å². The van der Waals surface area contributed by atoms with Gasteiger partial charge in [-0.2, -0.15) is 0 Å². The van der Waals surface area contributed by atoms with E-state index in [9.17, 15) is 0 Å². The topological polar surface area (TPSA) is 12.0 Å². The number of nitrogens with one attached hydrogen (secondary N) is 1. The molecule has 0 radical (unpaired) electrons. The molecular formula is C17H21N. The second kappa shape index (κ2) is 5.36. The van der Waals surface area contributed by atoms with Crippen LogP contribution in [-0.4, -0.2) is 7.05 Å². The average molecular weight is 239 g/mol. The summed E-state index contributed by atoms with van der Waals surface area (Å²) in [6.45, 7) is 7.37. The average Bonchev–Trinajstić information content (AvgIpc) is 2.30. The lowest BCUT2D eigenvalue weighted by Gasteiger charge is -2.12. The fourth-order valence-electron chi connectivity index (χ4n) is 2.43. The first kappa shape index (κ1) is 12.8. The van der Waals surface area contributed by atoms with Crippen LogP contribution in [0.2, 0.25) is 0 Å². The maximum atomic E-state index is 3.24. The van der Waals surface area contributed by atoms with Crippen molar-refractivity contribution in [3.63, 3.8) is 0 Å². The Kier molecular flexibility index (Phi) is 3.83. The van der Waals surface area contributed by atoms with Crippen molar-refractivity contribution in [3.05, 3.63) is 58.7 Å². The van der Waals surface area contributed by atoms with Crippen molar-refractivity contribution in [3.8, 4) is 11.1 Å². The standard InChI is InChI=1S/C17H21N/c1-12-5-6-15(11-18-4)17(10-12)16-8-13(2)7-14(3)9-16/h5-10,18H,11H2,1-4H3. The molecule has 0 bridgehead atoms. The third-order valence-corrected chi connectivity index (χ3v) is 3.17. The lowest BCUT2D eigenvalue weighted by atomic mass is 9.95. The normalized spacial score (nSPS) is 10.7. The highest BCUT2D eigenvalue weighted by atomic mass is 14.8. The number of hydrogen-bond donors (Lipinski definition) is 1. The predicted octanol–water partition coefficient (Wildman–Crippen LogP) is 4.00. The Hall–Kier alpha value is -1.60. The van der Waals surface area contributed by atoms with Gasteiger partial charge in [-0.15, -0.1) is 0 Å². The van der Waals surface area contributed by atoms with Crippen molar-refractivity contribution in [1.82, 2.24) is 5.32 Å². The fourth-order valence-corrected chi connectivity index (χ4v) is 2.43. The van der Waals surface area contributed by atoms with Gasteiger partial charge in [-0.3, -0.25) is 0 Å². The van der Waals surface area contributed by atoms with Gasteiger partial charge < -0.3 is 5.32 Å². The van der Waals surface area contributed by atoms with Crippen LogP contribution in [0.15, 0.2) is 36.4 Å². The third kappa shape index (κ3) is 2.80. The highest BCUT2D eigenvalue weighted by Gasteiger charge is 2.06. The van der Waals surface area contributed by atoms with Crippen molar-refractivity contribution >= 4 is 0 Å². The Morgan fingerprint density at radius 1 is 0.833 bits per heavy atom. The predicted molar refractivity (Wildman–Crippen MR) is 78.9 cm³/mol. The molecule has 94 valence electrons. The van der Waals surface area contributed by atoms with E-state index >= 15 is 0 Å². The molecule has 0 atom stereocenters. The van der Waals surface area contributed by atoms with Crippen LogP contribution in [0.3, 0.4) is 0 Å². The zero-order valence-corrected chi connectivity index (χ0v) is 11.7. The minimum absolute atomic E-state index is 0.905. The molecule has 0 aromatic heterocycles. The maximum Gasteiger partial charge on any atom is 0.0208 e. The number of aryl methyl sites for hydroxylation is 3. The van der Waals surface area contributed by atoms with E-state index in [0.717, 1.165) is 6.54 Å². The Labute approximate surface area is 110 Å². The molecule has 0 aliphatic heterocycles. The van der Waals surface area contributed by atoms with Crippen LogP contribution in [-0.2, 0) is 6.54 Å². The van der Waals surface area contributed by atoms with Crippen LogP contribution < -0.4 is 5.32 Å². The Balaban J connectivity index is 2.57. The summed E-state index contributed by atoms with van der Waals surface area (Å²) in [6, 6.07) is 13.4. The van der Waals surface area contributed by atoms with E-state index in [1.54, 1.807) is 0 Å². The summed E-state index contributed by atoms with van der Waals surface area (Å²) in [4.78, 5) is 0. The van der Waals surface area contributed by atoms with E-state index in [2.05, 4.69) is 62.5 Å².